The summed E-state index contributed by atoms with van der Waals surface area (Å²) >= 11 is 18.6. The Bertz CT molecular complexity index is 1490. The molecule has 0 aromatic heterocycles. The topological polar surface area (TPSA) is 84.9 Å². The highest BCUT2D eigenvalue weighted by Gasteiger charge is 2.37. The summed E-state index contributed by atoms with van der Waals surface area (Å²) in [5, 5.41) is 3.26. The highest BCUT2D eigenvalue weighted by molar-refractivity contribution is 6.42. The number of carbonyl (C=O) groups excluding carboxylic acids is 3. The van der Waals surface area contributed by atoms with Crippen LogP contribution in [0.25, 0.3) is 6.08 Å². The molecule has 1 heterocycles. The molecule has 1 saturated heterocycles. The van der Waals surface area contributed by atoms with Gasteiger partial charge in [-0.2, -0.15) is 0 Å². The summed E-state index contributed by atoms with van der Waals surface area (Å²) < 4.78 is 11.7. The molecule has 0 saturated carbocycles. The van der Waals surface area contributed by atoms with Gasteiger partial charge in [0.05, 0.1) is 27.4 Å². The van der Waals surface area contributed by atoms with E-state index in [1.807, 2.05) is 13.0 Å². The molecule has 1 aliphatic heterocycles. The van der Waals surface area contributed by atoms with E-state index in [9.17, 15) is 14.4 Å². The van der Waals surface area contributed by atoms with Gasteiger partial charge in [-0.15, -0.1) is 0 Å². The lowest BCUT2D eigenvalue weighted by Gasteiger charge is -2.27. The second kappa shape index (κ2) is 11.5. The monoisotopic (exact) mass is 572 g/mol. The van der Waals surface area contributed by atoms with E-state index in [1.54, 1.807) is 56.3 Å². The average Bonchev–Trinajstić information content (AvgIpc) is 2.85. The van der Waals surface area contributed by atoms with Gasteiger partial charge >= 0.3 is 6.03 Å². The van der Waals surface area contributed by atoms with Crippen molar-refractivity contribution in [2.24, 2.45) is 0 Å². The minimum atomic E-state index is -0.816. The molecular weight excluding hydrogens is 551 g/mol. The fourth-order valence-corrected chi connectivity index (χ4v) is 4.55. The lowest BCUT2D eigenvalue weighted by molar-refractivity contribution is -0.122. The zero-order valence-electron chi connectivity index (χ0n) is 20.7. The van der Waals surface area contributed by atoms with Crippen molar-refractivity contribution in [2.45, 2.75) is 27.4 Å². The van der Waals surface area contributed by atoms with Gasteiger partial charge in [-0.05, 0) is 73.9 Å². The summed E-state index contributed by atoms with van der Waals surface area (Å²) in [4.78, 5) is 39.5. The maximum absolute atomic E-state index is 13.3. The first kappa shape index (κ1) is 27.5. The van der Waals surface area contributed by atoms with Crippen LogP contribution in [0.15, 0.2) is 54.1 Å². The van der Waals surface area contributed by atoms with Crippen molar-refractivity contribution in [1.29, 1.82) is 0 Å². The molecular formula is C28H23Cl3N2O5. The van der Waals surface area contributed by atoms with E-state index >= 15 is 0 Å². The molecule has 10 heteroatoms. The molecule has 0 radical (unpaired) electrons. The van der Waals surface area contributed by atoms with Crippen LogP contribution < -0.4 is 19.7 Å². The summed E-state index contributed by atoms with van der Waals surface area (Å²) in [5.41, 5.74) is 3.02. The zero-order valence-corrected chi connectivity index (χ0v) is 23.0. The number of benzene rings is 3. The fraction of sp³-hybridized carbons (Fsp3) is 0.179. The molecule has 3 aromatic rings. The van der Waals surface area contributed by atoms with Crippen molar-refractivity contribution < 1.29 is 23.9 Å². The van der Waals surface area contributed by atoms with Crippen molar-refractivity contribution in [3.63, 3.8) is 0 Å². The summed E-state index contributed by atoms with van der Waals surface area (Å²) in [5.74, 6) is -0.957. The van der Waals surface area contributed by atoms with Gasteiger partial charge < -0.3 is 9.47 Å². The third kappa shape index (κ3) is 5.80. The highest BCUT2D eigenvalue weighted by Crippen LogP contribution is 2.38. The first-order chi connectivity index (χ1) is 18.1. The SMILES string of the molecule is CCOc1cc(/C=C2\C(=O)NC(=O)N(c3ccc(C)cc3C)C2=O)cc(Cl)c1OCc1ccc(Cl)c(Cl)c1. The zero-order chi connectivity index (χ0) is 27.6. The molecule has 1 N–H and O–H groups in total. The summed E-state index contributed by atoms with van der Waals surface area (Å²) in [6.07, 6.45) is 1.36. The number of anilines is 1. The van der Waals surface area contributed by atoms with Gasteiger partial charge in [-0.25, -0.2) is 9.69 Å². The van der Waals surface area contributed by atoms with Crippen molar-refractivity contribution in [3.05, 3.63) is 91.4 Å². The predicted molar refractivity (Wildman–Crippen MR) is 148 cm³/mol. The molecule has 0 aliphatic carbocycles. The summed E-state index contributed by atoms with van der Waals surface area (Å²) in [7, 11) is 0. The van der Waals surface area contributed by atoms with Crippen LogP contribution in [0.2, 0.25) is 15.1 Å². The second-order valence-corrected chi connectivity index (χ2v) is 9.77. The van der Waals surface area contributed by atoms with Gasteiger partial charge in [-0.1, -0.05) is 58.6 Å². The van der Waals surface area contributed by atoms with Gasteiger partial charge in [-0.3, -0.25) is 14.9 Å². The number of halogens is 3. The normalized spacial score (nSPS) is 14.6. The summed E-state index contributed by atoms with van der Waals surface area (Å²) in [6.45, 7) is 5.95. The molecule has 38 heavy (non-hydrogen) atoms. The van der Waals surface area contributed by atoms with Gasteiger partial charge in [0.1, 0.15) is 12.2 Å². The van der Waals surface area contributed by atoms with Gasteiger partial charge in [0.25, 0.3) is 11.8 Å². The van der Waals surface area contributed by atoms with Crippen LogP contribution in [0, 0.1) is 13.8 Å². The van der Waals surface area contributed by atoms with Crippen molar-refractivity contribution in [3.8, 4) is 11.5 Å². The Hall–Kier alpha value is -3.52. The molecule has 196 valence electrons. The first-order valence-electron chi connectivity index (χ1n) is 11.6. The lowest BCUT2D eigenvalue weighted by atomic mass is 10.0. The molecule has 0 bridgehead atoms. The van der Waals surface area contributed by atoms with Crippen LogP contribution in [-0.2, 0) is 16.2 Å². The molecule has 4 amide bonds. The first-order valence-corrected chi connectivity index (χ1v) is 12.7. The predicted octanol–water partition coefficient (Wildman–Crippen LogP) is 6.91. The molecule has 1 fully saturated rings. The van der Waals surface area contributed by atoms with Gasteiger partial charge in [0.2, 0.25) is 0 Å². The number of amides is 4. The largest absolute Gasteiger partial charge is 0.490 e. The van der Waals surface area contributed by atoms with Crippen LogP contribution in [0.5, 0.6) is 11.5 Å². The van der Waals surface area contributed by atoms with Gasteiger partial charge in [0.15, 0.2) is 11.5 Å². The number of hydrogen-bond acceptors (Lipinski definition) is 5. The van der Waals surface area contributed by atoms with Crippen molar-refractivity contribution >= 4 is 64.4 Å². The Morgan fingerprint density at radius 1 is 0.895 bits per heavy atom. The molecule has 3 aromatic carbocycles. The fourth-order valence-electron chi connectivity index (χ4n) is 3.96. The van der Waals surface area contributed by atoms with Crippen LogP contribution in [0.1, 0.15) is 29.2 Å². The maximum Gasteiger partial charge on any atom is 0.335 e. The highest BCUT2D eigenvalue weighted by atomic mass is 35.5. The Labute approximate surface area is 234 Å². The number of nitrogens with zero attached hydrogens (tertiary/aromatic N) is 1. The maximum atomic E-state index is 13.3. The number of hydrogen-bond donors (Lipinski definition) is 1. The van der Waals surface area contributed by atoms with E-state index < -0.39 is 17.8 Å². The van der Waals surface area contributed by atoms with Crippen molar-refractivity contribution in [2.75, 3.05) is 11.5 Å². The third-order valence-electron chi connectivity index (χ3n) is 5.70. The molecule has 0 atom stereocenters. The third-order valence-corrected chi connectivity index (χ3v) is 6.72. The van der Waals surface area contributed by atoms with Crippen molar-refractivity contribution in [1.82, 2.24) is 5.32 Å². The number of nitrogens with one attached hydrogen (secondary N) is 1. The number of barbiturate groups is 1. The molecule has 7 nitrogen and oxygen atoms in total. The molecule has 4 rings (SSSR count). The van der Waals surface area contributed by atoms with E-state index in [2.05, 4.69) is 5.32 Å². The summed E-state index contributed by atoms with van der Waals surface area (Å²) in [6, 6.07) is 12.8. The Morgan fingerprint density at radius 3 is 2.34 bits per heavy atom. The Kier molecular flexibility index (Phi) is 8.31. The minimum absolute atomic E-state index is 0.144. The molecule has 0 unspecified atom stereocenters. The van der Waals surface area contributed by atoms with E-state index in [0.717, 1.165) is 16.0 Å². The standard InChI is InChI=1S/C28H23Cl3N2O5/c1-4-37-24-13-18(12-22(31)25(24)38-14-17-6-7-20(29)21(30)11-17)10-19-26(34)32-28(36)33(27(19)35)23-8-5-15(2)9-16(23)3/h5-13H,4,14H2,1-3H3,(H,32,34,36)/b19-10+. The smallest absolute Gasteiger partial charge is 0.335 e. The molecule has 1 aliphatic rings. The van der Waals surface area contributed by atoms with E-state index in [4.69, 9.17) is 44.3 Å². The van der Waals surface area contributed by atoms with Gasteiger partial charge in [0, 0.05) is 0 Å². The Balaban J connectivity index is 1.67. The number of aryl methyl sites for hydroxylation is 2. The minimum Gasteiger partial charge on any atom is -0.490 e. The number of ether oxygens (including phenoxy) is 2. The van der Waals surface area contributed by atoms with E-state index in [0.29, 0.717) is 39.2 Å². The van der Waals surface area contributed by atoms with Crippen LogP contribution in [-0.4, -0.2) is 24.5 Å². The van der Waals surface area contributed by atoms with Crippen LogP contribution >= 0.6 is 34.8 Å². The number of rotatable bonds is 7. The molecule has 0 spiro atoms. The number of imide groups is 2. The van der Waals surface area contributed by atoms with Crippen LogP contribution in [0.3, 0.4) is 0 Å². The number of carbonyl (C=O) groups is 3. The van der Waals surface area contributed by atoms with E-state index in [1.165, 1.54) is 6.08 Å². The quantitative estimate of drug-likeness (QED) is 0.245. The lowest BCUT2D eigenvalue weighted by Crippen LogP contribution is -2.54. The van der Waals surface area contributed by atoms with Crippen LogP contribution in [0.4, 0.5) is 10.5 Å². The number of urea groups is 1. The average molecular weight is 574 g/mol. The second-order valence-electron chi connectivity index (χ2n) is 8.55. The Morgan fingerprint density at radius 2 is 1.66 bits per heavy atom. The van der Waals surface area contributed by atoms with E-state index in [-0.39, 0.29) is 23.0 Å².